The fourth-order valence-electron chi connectivity index (χ4n) is 1.36. The summed E-state index contributed by atoms with van der Waals surface area (Å²) in [7, 11) is 0. The number of nitrogen functional groups attached to an aromatic ring is 1. The van der Waals surface area contributed by atoms with Gasteiger partial charge in [-0.2, -0.15) is 0 Å². The molecule has 0 unspecified atom stereocenters. The summed E-state index contributed by atoms with van der Waals surface area (Å²) in [4.78, 5) is 15.7. The summed E-state index contributed by atoms with van der Waals surface area (Å²) < 4.78 is 0.762. The van der Waals surface area contributed by atoms with Gasteiger partial charge in [-0.25, -0.2) is 15.0 Å². The van der Waals surface area contributed by atoms with E-state index in [1.165, 1.54) is 0 Å². The third kappa shape index (κ3) is 1.92. The van der Waals surface area contributed by atoms with Crippen molar-refractivity contribution in [1.82, 2.24) is 19.9 Å². The van der Waals surface area contributed by atoms with Crippen LogP contribution >= 0.6 is 15.9 Å². The Kier molecular flexibility index (Phi) is 2.91. The number of nitrogens with one attached hydrogen (secondary N) is 1. The van der Waals surface area contributed by atoms with Crippen molar-refractivity contribution in [3.05, 3.63) is 22.6 Å². The highest BCUT2D eigenvalue weighted by atomic mass is 79.9. The molecule has 0 aliphatic rings. The zero-order valence-electron chi connectivity index (χ0n) is 9.03. The fraction of sp³-hybridized carbons (Fsp3) is 0.300. The highest BCUT2D eigenvalue weighted by Gasteiger charge is 2.14. The van der Waals surface area contributed by atoms with E-state index in [2.05, 4.69) is 49.7 Å². The molecule has 0 aliphatic carbocycles. The molecule has 0 aliphatic heterocycles. The topological polar surface area (TPSA) is 80.5 Å². The van der Waals surface area contributed by atoms with Crippen molar-refractivity contribution < 1.29 is 0 Å². The molecule has 0 atom stereocenters. The molecule has 2 aromatic heterocycles. The molecule has 3 N–H and O–H groups in total. The van der Waals surface area contributed by atoms with Gasteiger partial charge in [0.15, 0.2) is 11.6 Å². The average Bonchev–Trinajstić information content (AvgIpc) is 2.74. The predicted octanol–water partition coefficient (Wildman–Crippen LogP) is 2.33. The van der Waals surface area contributed by atoms with Gasteiger partial charge in [-0.05, 0) is 21.8 Å². The lowest BCUT2D eigenvalue weighted by atomic mass is 10.1. The van der Waals surface area contributed by atoms with E-state index < -0.39 is 0 Å². The second-order valence-corrected chi connectivity index (χ2v) is 4.52. The van der Waals surface area contributed by atoms with Gasteiger partial charge in [0, 0.05) is 12.4 Å². The van der Waals surface area contributed by atoms with E-state index >= 15 is 0 Å². The number of aromatic nitrogens is 4. The smallest absolute Gasteiger partial charge is 0.197 e. The molecule has 6 heteroatoms. The maximum atomic E-state index is 5.83. The van der Waals surface area contributed by atoms with Gasteiger partial charge in [0.2, 0.25) is 0 Å². The minimum absolute atomic E-state index is 0.272. The van der Waals surface area contributed by atoms with Gasteiger partial charge < -0.3 is 10.7 Å². The van der Waals surface area contributed by atoms with E-state index in [9.17, 15) is 0 Å². The summed E-state index contributed by atoms with van der Waals surface area (Å²) in [6, 6.07) is 0. The minimum atomic E-state index is 0.272. The molecule has 0 saturated heterocycles. The highest BCUT2D eigenvalue weighted by Crippen LogP contribution is 2.28. The lowest BCUT2D eigenvalue weighted by Crippen LogP contribution is -2.04. The van der Waals surface area contributed by atoms with Crippen LogP contribution in [0.5, 0.6) is 0 Å². The van der Waals surface area contributed by atoms with Crippen molar-refractivity contribution in [3.8, 4) is 11.6 Å². The Hall–Kier alpha value is -1.43. The van der Waals surface area contributed by atoms with E-state index in [1.54, 1.807) is 12.4 Å². The molecule has 0 spiro atoms. The molecule has 0 saturated carbocycles. The number of nitrogens with zero attached hydrogens (tertiary/aromatic N) is 3. The van der Waals surface area contributed by atoms with E-state index in [1.807, 2.05) is 0 Å². The number of rotatable bonds is 2. The Morgan fingerprint density at radius 2 is 2.12 bits per heavy atom. The Morgan fingerprint density at radius 3 is 2.69 bits per heavy atom. The van der Waals surface area contributed by atoms with Crippen LogP contribution in [0.4, 0.5) is 5.82 Å². The van der Waals surface area contributed by atoms with E-state index in [0.29, 0.717) is 17.5 Å². The zero-order valence-corrected chi connectivity index (χ0v) is 10.6. The number of hydrogen-bond acceptors (Lipinski definition) is 4. The first-order chi connectivity index (χ1) is 7.59. The number of aromatic amines is 1. The van der Waals surface area contributed by atoms with Crippen molar-refractivity contribution in [2.24, 2.45) is 0 Å². The quantitative estimate of drug-likeness (QED) is 0.885. The zero-order chi connectivity index (χ0) is 11.7. The molecular weight excluding hydrogens is 270 g/mol. The first-order valence-corrected chi connectivity index (χ1v) is 5.71. The largest absolute Gasteiger partial charge is 0.383 e. The summed E-state index contributed by atoms with van der Waals surface area (Å²) in [6.45, 7) is 4.11. The number of H-pyrrole nitrogens is 1. The molecule has 16 heavy (non-hydrogen) atoms. The summed E-state index contributed by atoms with van der Waals surface area (Å²) in [5.74, 6) is 1.86. The standard InChI is InChI=1S/C10H12BrN5/c1-5(2)7-6(11)8(12)16-10(15-7)9-13-3-4-14-9/h3-5H,1-2H3,(H,13,14)(H2,12,15,16). The van der Waals surface area contributed by atoms with Crippen molar-refractivity contribution >= 4 is 21.7 Å². The molecule has 84 valence electrons. The van der Waals surface area contributed by atoms with Gasteiger partial charge >= 0.3 is 0 Å². The van der Waals surface area contributed by atoms with Crippen molar-refractivity contribution in [1.29, 1.82) is 0 Å². The number of halogens is 1. The predicted molar refractivity (Wildman–Crippen MR) is 65.8 cm³/mol. The molecule has 2 aromatic rings. The third-order valence-electron chi connectivity index (χ3n) is 2.16. The summed E-state index contributed by atoms with van der Waals surface area (Å²) in [5, 5.41) is 0. The van der Waals surface area contributed by atoms with Crippen LogP contribution in [-0.4, -0.2) is 19.9 Å². The number of hydrogen-bond donors (Lipinski definition) is 2. The summed E-state index contributed by atoms with van der Waals surface area (Å²) >= 11 is 3.40. The van der Waals surface area contributed by atoms with Gasteiger partial charge in [0.1, 0.15) is 5.82 Å². The van der Waals surface area contributed by atoms with Gasteiger partial charge in [-0.15, -0.1) is 0 Å². The molecule has 2 rings (SSSR count). The summed E-state index contributed by atoms with van der Waals surface area (Å²) in [5.41, 5.74) is 6.71. The van der Waals surface area contributed by atoms with Crippen molar-refractivity contribution in [3.63, 3.8) is 0 Å². The molecule has 5 nitrogen and oxygen atoms in total. The molecule has 0 amide bonds. The van der Waals surface area contributed by atoms with Crippen LogP contribution < -0.4 is 5.73 Å². The first kappa shape index (κ1) is 11.1. The second kappa shape index (κ2) is 4.21. The Morgan fingerprint density at radius 1 is 1.38 bits per heavy atom. The lowest BCUT2D eigenvalue weighted by molar-refractivity contribution is 0.809. The monoisotopic (exact) mass is 281 g/mol. The first-order valence-electron chi connectivity index (χ1n) is 4.92. The maximum Gasteiger partial charge on any atom is 0.197 e. The second-order valence-electron chi connectivity index (χ2n) is 3.72. The van der Waals surface area contributed by atoms with Crippen LogP contribution in [0.1, 0.15) is 25.5 Å². The van der Waals surface area contributed by atoms with Crippen molar-refractivity contribution in [2.45, 2.75) is 19.8 Å². The van der Waals surface area contributed by atoms with Crippen LogP contribution in [0, 0.1) is 0 Å². The minimum Gasteiger partial charge on any atom is -0.383 e. The number of anilines is 1. The SMILES string of the molecule is CC(C)c1nc(-c2ncc[nH]2)nc(N)c1Br. The lowest BCUT2D eigenvalue weighted by Gasteiger charge is -2.10. The Balaban J connectivity index is 2.57. The van der Waals surface area contributed by atoms with Crippen LogP contribution in [0.2, 0.25) is 0 Å². The van der Waals surface area contributed by atoms with Crippen LogP contribution in [0.3, 0.4) is 0 Å². The normalized spacial score (nSPS) is 11.0. The van der Waals surface area contributed by atoms with E-state index in [4.69, 9.17) is 5.73 Å². The summed E-state index contributed by atoms with van der Waals surface area (Å²) in [6.07, 6.45) is 3.39. The molecular formula is C10H12BrN5. The van der Waals surface area contributed by atoms with Crippen LogP contribution in [0.25, 0.3) is 11.6 Å². The number of imidazole rings is 1. The van der Waals surface area contributed by atoms with Crippen molar-refractivity contribution in [2.75, 3.05) is 5.73 Å². The average molecular weight is 282 g/mol. The molecule has 2 heterocycles. The fourth-order valence-corrected chi connectivity index (χ4v) is 1.99. The van der Waals surface area contributed by atoms with Gasteiger partial charge in [0.05, 0.1) is 10.2 Å². The molecule has 0 radical (unpaired) electrons. The maximum absolute atomic E-state index is 5.83. The molecule has 0 bridgehead atoms. The highest BCUT2D eigenvalue weighted by molar-refractivity contribution is 9.10. The third-order valence-corrected chi connectivity index (χ3v) is 2.97. The number of nitrogens with two attached hydrogens (primary N) is 1. The van der Waals surface area contributed by atoms with Gasteiger partial charge in [0.25, 0.3) is 0 Å². The molecule has 0 fully saturated rings. The van der Waals surface area contributed by atoms with E-state index in [0.717, 1.165) is 10.2 Å². The van der Waals surface area contributed by atoms with Gasteiger partial charge in [-0.3, -0.25) is 0 Å². The van der Waals surface area contributed by atoms with Crippen LogP contribution in [-0.2, 0) is 0 Å². The van der Waals surface area contributed by atoms with Gasteiger partial charge in [-0.1, -0.05) is 13.8 Å². The van der Waals surface area contributed by atoms with E-state index in [-0.39, 0.29) is 5.92 Å². The Bertz CT molecular complexity index is 492. The Labute approximate surface area is 102 Å². The molecule has 0 aromatic carbocycles. The van der Waals surface area contributed by atoms with Crippen LogP contribution in [0.15, 0.2) is 16.9 Å².